The van der Waals surface area contributed by atoms with Crippen LogP contribution < -0.4 is 10.2 Å². The predicted octanol–water partition coefficient (Wildman–Crippen LogP) is 4.00. The van der Waals surface area contributed by atoms with Crippen LogP contribution in [0.15, 0.2) is 24.3 Å². The van der Waals surface area contributed by atoms with E-state index in [-0.39, 0.29) is 0 Å². The van der Waals surface area contributed by atoms with Crippen molar-refractivity contribution in [3.63, 3.8) is 0 Å². The molecule has 0 fully saturated rings. The van der Waals surface area contributed by atoms with Gasteiger partial charge in [0.25, 0.3) is 0 Å². The molecule has 1 aromatic carbocycles. The van der Waals surface area contributed by atoms with Gasteiger partial charge in [-0.2, -0.15) is 0 Å². The molecule has 0 aliphatic carbocycles. The lowest BCUT2D eigenvalue weighted by Gasteiger charge is -2.24. The van der Waals surface area contributed by atoms with Gasteiger partial charge in [0, 0.05) is 18.3 Å². The van der Waals surface area contributed by atoms with E-state index in [1.807, 2.05) is 0 Å². The Morgan fingerprint density at radius 1 is 1.10 bits per heavy atom. The summed E-state index contributed by atoms with van der Waals surface area (Å²) in [5.41, 5.74) is 3.01. The standard InChI is InChI=1S/C18H30N2/c1-3-12-19-13-8-4-5-9-14-20-16(2)15-17-10-6-7-11-18(17)20/h6-7,10-11,16,19H,3-5,8-9,12-15H2,1-2H3. The number of para-hydroxylation sites is 1. The molecule has 0 saturated carbocycles. The molecule has 0 saturated heterocycles. The van der Waals surface area contributed by atoms with E-state index in [2.05, 4.69) is 48.3 Å². The molecule has 1 heterocycles. The van der Waals surface area contributed by atoms with Crippen molar-refractivity contribution >= 4 is 5.69 Å². The van der Waals surface area contributed by atoms with Crippen molar-refractivity contribution in [1.82, 2.24) is 5.32 Å². The summed E-state index contributed by atoms with van der Waals surface area (Å²) in [6, 6.07) is 9.58. The van der Waals surface area contributed by atoms with E-state index in [0.717, 1.165) is 0 Å². The van der Waals surface area contributed by atoms with Crippen LogP contribution in [0, 0.1) is 0 Å². The van der Waals surface area contributed by atoms with Crippen molar-refractivity contribution in [2.75, 3.05) is 24.5 Å². The number of unbranched alkanes of at least 4 members (excludes halogenated alkanes) is 3. The number of anilines is 1. The van der Waals surface area contributed by atoms with Gasteiger partial charge in [-0.25, -0.2) is 0 Å². The lowest BCUT2D eigenvalue weighted by Crippen LogP contribution is -2.30. The first-order valence-electron chi connectivity index (χ1n) is 8.38. The Balaban J connectivity index is 1.62. The maximum absolute atomic E-state index is 3.48. The molecule has 1 aromatic rings. The highest BCUT2D eigenvalue weighted by Gasteiger charge is 2.24. The van der Waals surface area contributed by atoms with Crippen molar-refractivity contribution in [2.24, 2.45) is 0 Å². The third-order valence-electron chi connectivity index (χ3n) is 4.28. The van der Waals surface area contributed by atoms with E-state index in [1.165, 1.54) is 69.4 Å². The number of nitrogens with zero attached hydrogens (tertiary/aromatic N) is 1. The van der Waals surface area contributed by atoms with Gasteiger partial charge in [0.1, 0.15) is 0 Å². The lowest BCUT2D eigenvalue weighted by atomic mass is 10.1. The van der Waals surface area contributed by atoms with Crippen LogP contribution in [0.2, 0.25) is 0 Å². The second kappa shape index (κ2) is 8.31. The number of fused-ring (bicyclic) bond motifs is 1. The van der Waals surface area contributed by atoms with Crippen molar-refractivity contribution < 1.29 is 0 Å². The normalized spacial score (nSPS) is 17.5. The van der Waals surface area contributed by atoms with Crippen molar-refractivity contribution in [3.8, 4) is 0 Å². The van der Waals surface area contributed by atoms with Gasteiger partial charge >= 0.3 is 0 Å². The Morgan fingerprint density at radius 3 is 2.75 bits per heavy atom. The molecule has 2 rings (SSSR count). The van der Waals surface area contributed by atoms with E-state index in [4.69, 9.17) is 0 Å². The molecule has 2 heteroatoms. The first-order valence-corrected chi connectivity index (χ1v) is 8.38. The van der Waals surface area contributed by atoms with E-state index in [0.29, 0.717) is 6.04 Å². The van der Waals surface area contributed by atoms with Crippen LogP contribution in [0.4, 0.5) is 5.69 Å². The minimum absolute atomic E-state index is 0.679. The lowest BCUT2D eigenvalue weighted by molar-refractivity contribution is 0.569. The Morgan fingerprint density at radius 2 is 1.90 bits per heavy atom. The van der Waals surface area contributed by atoms with Crippen molar-refractivity contribution in [3.05, 3.63) is 29.8 Å². The fraction of sp³-hybridized carbons (Fsp3) is 0.667. The third kappa shape index (κ3) is 4.24. The van der Waals surface area contributed by atoms with Gasteiger partial charge in [-0.05, 0) is 57.3 Å². The first kappa shape index (κ1) is 15.4. The average Bonchev–Trinajstić information content (AvgIpc) is 2.78. The van der Waals surface area contributed by atoms with Crippen LogP contribution in [0.5, 0.6) is 0 Å². The molecular formula is C18H30N2. The molecule has 0 radical (unpaired) electrons. The van der Waals surface area contributed by atoms with E-state index in [1.54, 1.807) is 0 Å². The second-order valence-electron chi connectivity index (χ2n) is 6.04. The summed E-state index contributed by atoms with van der Waals surface area (Å²) in [5.74, 6) is 0. The zero-order chi connectivity index (χ0) is 14.2. The van der Waals surface area contributed by atoms with Crippen molar-refractivity contribution in [2.45, 2.75) is 58.4 Å². The maximum atomic E-state index is 3.48. The minimum atomic E-state index is 0.679. The Hall–Kier alpha value is -1.02. The zero-order valence-corrected chi connectivity index (χ0v) is 13.2. The van der Waals surface area contributed by atoms with Gasteiger partial charge in [0.15, 0.2) is 0 Å². The van der Waals surface area contributed by atoms with Gasteiger partial charge in [0.2, 0.25) is 0 Å². The van der Waals surface area contributed by atoms with Gasteiger partial charge in [-0.1, -0.05) is 38.0 Å². The highest BCUT2D eigenvalue weighted by atomic mass is 15.2. The smallest absolute Gasteiger partial charge is 0.0402 e. The van der Waals surface area contributed by atoms with Gasteiger partial charge in [-0.15, -0.1) is 0 Å². The minimum Gasteiger partial charge on any atom is -0.368 e. The number of benzene rings is 1. The SMILES string of the molecule is CCCNCCCCCCN1c2ccccc2CC1C. The fourth-order valence-corrected chi connectivity index (χ4v) is 3.16. The monoisotopic (exact) mass is 274 g/mol. The summed E-state index contributed by atoms with van der Waals surface area (Å²) >= 11 is 0. The van der Waals surface area contributed by atoms with Gasteiger partial charge in [-0.3, -0.25) is 0 Å². The van der Waals surface area contributed by atoms with E-state index in [9.17, 15) is 0 Å². The zero-order valence-electron chi connectivity index (χ0n) is 13.2. The number of nitrogens with one attached hydrogen (secondary N) is 1. The Bertz CT molecular complexity index is 389. The summed E-state index contributed by atoms with van der Waals surface area (Å²) in [6.45, 7) is 8.16. The van der Waals surface area contributed by atoms with Crippen LogP contribution >= 0.6 is 0 Å². The van der Waals surface area contributed by atoms with Crippen LogP contribution in [0.3, 0.4) is 0 Å². The molecule has 2 nitrogen and oxygen atoms in total. The number of hydrogen-bond donors (Lipinski definition) is 1. The molecule has 0 bridgehead atoms. The quantitative estimate of drug-likeness (QED) is 0.685. The molecule has 1 aliphatic heterocycles. The summed E-state index contributed by atoms with van der Waals surface area (Å²) in [7, 11) is 0. The van der Waals surface area contributed by atoms with Crippen LogP contribution in [0.25, 0.3) is 0 Å². The summed E-state index contributed by atoms with van der Waals surface area (Å²) in [5, 5.41) is 3.48. The topological polar surface area (TPSA) is 15.3 Å². The van der Waals surface area contributed by atoms with Gasteiger partial charge < -0.3 is 10.2 Å². The summed E-state index contributed by atoms with van der Waals surface area (Å²) in [6.07, 6.45) is 7.84. The molecule has 1 aliphatic rings. The number of hydrogen-bond acceptors (Lipinski definition) is 2. The Kier molecular flexibility index (Phi) is 6.38. The molecule has 1 unspecified atom stereocenters. The molecular weight excluding hydrogens is 244 g/mol. The first-order chi connectivity index (χ1) is 9.83. The molecule has 0 spiro atoms. The highest BCUT2D eigenvalue weighted by Crippen LogP contribution is 2.31. The van der Waals surface area contributed by atoms with Crippen LogP contribution in [-0.4, -0.2) is 25.7 Å². The Labute approximate surface area is 124 Å². The van der Waals surface area contributed by atoms with Crippen LogP contribution in [0.1, 0.15) is 51.5 Å². The molecule has 0 aromatic heterocycles. The van der Waals surface area contributed by atoms with Crippen molar-refractivity contribution in [1.29, 1.82) is 0 Å². The highest BCUT2D eigenvalue weighted by molar-refractivity contribution is 5.59. The number of rotatable bonds is 9. The summed E-state index contributed by atoms with van der Waals surface area (Å²) < 4.78 is 0. The fourth-order valence-electron chi connectivity index (χ4n) is 3.16. The average molecular weight is 274 g/mol. The largest absolute Gasteiger partial charge is 0.368 e. The molecule has 1 atom stereocenters. The molecule has 20 heavy (non-hydrogen) atoms. The predicted molar refractivity (Wildman–Crippen MR) is 88.6 cm³/mol. The van der Waals surface area contributed by atoms with E-state index >= 15 is 0 Å². The van der Waals surface area contributed by atoms with E-state index < -0.39 is 0 Å². The maximum Gasteiger partial charge on any atom is 0.0402 e. The summed E-state index contributed by atoms with van der Waals surface area (Å²) in [4.78, 5) is 2.60. The second-order valence-corrected chi connectivity index (χ2v) is 6.04. The molecule has 112 valence electrons. The van der Waals surface area contributed by atoms with Gasteiger partial charge in [0.05, 0.1) is 0 Å². The molecule has 0 amide bonds. The third-order valence-corrected chi connectivity index (χ3v) is 4.28. The van der Waals surface area contributed by atoms with Crippen LogP contribution in [-0.2, 0) is 6.42 Å². The molecule has 1 N–H and O–H groups in total.